The number of carbonyl (C=O) groups is 3. The summed E-state index contributed by atoms with van der Waals surface area (Å²) in [6, 6.07) is -1.11. The molecule has 10 nitrogen and oxygen atoms in total. The van der Waals surface area contributed by atoms with Gasteiger partial charge in [0.1, 0.15) is 31.0 Å². The minimum absolute atomic E-state index is 0.186. The van der Waals surface area contributed by atoms with Crippen LogP contribution in [-0.4, -0.2) is 76.9 Å². The maximum Gasteiger partial charge on any atom is 0.330 e. The molecule has 2 amide bonds. The van der Waals surface area contributed by atoms with Crippen molar-refractivity contribution in [1.29, 1.82) is 0 Å². The van der Waals surface area contributed by atoms with Crippen LogP contribution in [-0.2, 0) is 23.9 Å². The molecular formula is C14H22N2O8. The molecule has 5 unspecified atom stereocenters. The summed E-state index contributed by atoms with van der Waals surface area (Å²) >= 11 is 0. The zero-order chi connectivity index (χ0) is 18.3. The molecule has 1 aliphatic rings. The van der Waals surface area contributed by atoms with Crippen LogP contribution < -0.4 is 10.6 Å². The molecule has 10 heteroatoms. The molecule has 0 aromatic heterocycles. The molecule has 5 N–H and O–H groups in total. The predicted octanol–water partition coefficient (Wildman–Crippen LogP) is -2.83. The van der Waals surface area contributed by atoms with E-state index in [2.05, 4.69) is 21.9 Å². The highest BCUT2D eigenvalue weighted by molar-refractivity contribution is 5.82. The molecule has 5 atom stereocenters. The Morgan fingerprint density at radius 3 is 2.46 bits per heavy atom. The summed E-state index contributed by atoms with van der Waals surface area (Å²) in [5.41, 5.74) is 0. The fourth-order valence-electron chi connectivity index (χ4n) is 2.17. The van der Waals surface area contributed by atoms with Crippen LogP contribution in [0.25, 0.3) is 0 Å². The van der Waals surface area contributed by atoms with E-state index in [0.29, 0.717) is 0 Å². The lowest BCUT2D eigenvalue weighted by Crippen LogP contribution is -2.68. The molecule has 1 saturated heterocycles. The van der Waals surface area contributed by atoms with Crippen molar-refractivity contribution < 1.29 is 39.2 Å². The molecule has 1 fully saturated rings. The average Bonchev–Trinajstić information content (AvgIpc) is 2.53. The average molecular weight is 346 g/mol. The summed E-state index contributed by atoms with van der Waals surface area (Å²) in [5, 5.41) is 33.8. The summed E-state index contributed by atoms with van der Waals surface area (Å²) < 4.78 is 9.99. The number of hydrogen-bond donors (Lipinski definition) is 5. The molecule has 0 aliphatic carbocycles. The molecule has 0 saturated carbocycles. The molecule has 0 aromatic carbocycles. The van der Waals surface area contributed by atoms with Crippen LogP contribution in [0.4, 0.5) is 0 Å². The highest BCUT2D eigenvalue weighted by Gasteiger charge is 2.45. The number of carbonyl (C=O) groups excluding carboxylic acids is 3. The van der Waals surface area contributed by atoms with Gasteiger partial charge >= 0.3 is 5.97 Å². The van der Waals surface area contributed by atoms with E-state index in [4.69, 9.17) is 9.84 Å². The Hall–Kier alpha value is -2.01. The molecule has 0 bridgehead atoms. The van der Waals surface area contributed by atoms with Crippen molar-refractivity contribution in [2.24, 2.45) is 0 Å². The first-order chi connectivity index (χ1) is 11.3. The molecule has 0 spiro atoms. The van der Waals surface area contributed by atoms with Crippen LogP contribution in [0.2, 0.25) is 0 Å². The van der Waals surface area contributed by atoms with Gasteiger partial charge in [0.05, 0.1) is 13.0 Å². The van der Waals surface area contributed by atoms with Gasteiger partial charge in [0.2, 0.25) is 11.8 Å². The third kappa shape index (κ3) is 5.57. The van der Waals surface area contributed by atoms with E-state index in [-0.39, 0.29) is 13.0 Å². The first-order valence-corrected chi connectivity index (χ1v) is 7.28. The van der Waals surface area contributed by atoms with Crippen LogP contribution in [0, 0.1) is 0 Å². The third-order valence-corrected chi connectivity index (χ3v) is 3.34. The standard InChI is InChI=1S/C14H22N2O8/c1-3-10(20)23-5-4-9(19)16-14-11(15-7(2)18)13(22)12(21)8(6-17)24-14/h3,8,11-14,17,21-22H,1,4-6H2,2H3,(H,15,18)(H,16,19). The molecule has 1 aliphatic heterocycles. The smallest absolute Gasteiger partial charge is 0.330 e. The number of hydrogen-bond acceptors (Lipinski definition) is 8. The van der Waals surface area contributed by atoms with Crippen molar-refractivity contribution in [2.45, 2.75) is 43.9 Å². The summed E-state index contributed by atoms with van der Waals surface area (Å²) in [4.78, 5) is 34.0. The van der Waals surface area contributed by atoms with Crippen LogP contribution in [0.5, 0.6) is 0 Å². The molecule has 136 valence electrons. The molecule has 1 rings (SSSR count). The Kier molecular flexibility index (Phi) is 7.79. The second kappa shape index (κ2) is 9.33. The van der Waals surface area contributed by atoms with E-state index in [1.165, 1.54) is 6.92 Å². The number of esters is 1. The summed E-state index contributed by atoms with van der Waals surface area (Å²) in [6.07, 6.45) is -4.43. The van der Waals surface area contributed by atoms with Crippen LogP contribution in [0.15, 0.2) is 12.7 Å². The van der Waals surface area contributed by atoms with E-state index in [9.17, 15) is 24.6 Å². The van der Waals surface area contributed by atoms with Gasteiger partial charge in [-0.2, -0.15) is 0 Å². The number of aliphatic hydroxyl groups excluding tert-OH is 3. The van der Waals surface area contributed by atoms with Crippen molar-refractivity contribution >= 4 is 17.8 Å². The van der Waals surface area contributed by atoms with Crippen molar-refractivity contribution in [3.05, 3.63) is 12.7 Å². The lowest BCUT2D eigenvalue weighted by molar-refractivity contribution is -0.203. The van der Waals surface area contributed by atoms with Gasteiger partial charge in [-0.05, 0) is 0 Å². The number of nitrogens with one attached hydrogen (secondary N) is 2. The minimum Gasteiger partial charge on any atom is -0.462 e. The highest BCUT2D eigenvalue weighted by Crippen LogP contribution is 2.20. The molecule has 0 aromatic rings. The zero-order valence-electron chi connectivity index (χ0n) is 13.2. The second-order valence-electron chi connectivity index (χ2n) is 5.17. The normalized spacial score (nSPS) is 29.4. The quantitative estimate of drug-likeness (QED) is 0.244. The van der Waals surface area contributed by atoms with E-state index in [1.807, 2.05) is 0 Å². The summed E-state index contributed by atoms with van der Waals surface area (Å²) in [5.74, 6) is -1.75. The van der Waals surface area contributed by atoms with Crippen molar-refractivity contribution in [3.8, 4) is 0 Å². The number of rotatable bonds is 7. The van der Waals surface area contributed by atoms with Gasteiger partial charge in [0.15, 0.2) is 6.23 Å². The van der Waals surface area contributed by atoms with Crippen LogP contribution in [0.3, 0.4) is 0 Å². The largest absolute Gasteiger partial charge is 0.462 e. The van der Waals surface area contributed by atoms with Gasteiger partial charge < -0.3 is 35.4 Å². The maximum absolute atomic E-state index is 11.9. The topological polar surface area (TPSA) is 154 Å². The summed E-state index contributed by atoms with van der Waals surface area (Å²) in [7, 11) is 0. The number of aliphatic hydroxyl groups is 3. The van der Waals surface area contributed by atoms with Gasteiger partial charge in [-0.15, -0.1) is 0 Å². The molecule has 1 heterocycles. The van der Waals surface area contributed by atoms with E-state index in [0.717, 1.165) is 6.08 Å². The zero-order valence-corrected chi connectivity index (χ0v) is 13.2. The van der Waals surface area contributed by atoms with Gasteiger partial charge in [0, 0.05) is 13.0 Å². The molecule has 0 radical (unpaired) electrons. The van der Waals surface area contributed by atoms with Gasteiger partial charge in [-0.25, -0.2) is 4.79 Å². The molecular weight excluding hydrogens is 324 g/mol. The van der Waals surface area contributed by atoms with Crippen molar-refractivity contribution in [3.63, 3.8) is 0 Å². The third-order valence-electron chi connectivity index (χ3n) is 3.34. The van der Waals surface area contributed by atoms with Crippen LogP contribution >= 0.6 is 0 Å². The summed E-state index contributed by atoms with van der Waals surface area (Å²) in [6.45, 7) is 3.63. The van der Waals surface area contributed by atoms with E-state index >= 15 is 0 Å². The van der Waals surface area contributed by atoms with Gasteiger partial charge in [-0.3, -0.25) is 9.59 Å². The monoisotopic (exact) mass is 346 g/mol. The number of amides is 2. The Bertz CT molecular complexity index is 483. The Labute approximate surface area is 138 Å². The highest BCUT2D eigenvalue weighted by atomic mass is 16.5. The Morgan fingerprint density at radius 1 is 1.25 bits per heavy atom. The number of ether oxygens (including phenoxy) is 2. The van der Waals surface area contributed by atoms with E-state index in [1.54, 1.807) is 0 Å². The van der Waals surface area contributed by atoms with Crippen molar-refractivity contribution in [2.75, 3.05) is 13.2 Å². The van der Waals surface area contributed by atoms with Gasteiger partial charge in [0.25, 0.3) is 0 Å². The fourth-order valence-corrected chi connectivity index (χ4v) is 2.17. The Morgan fingerprint density at radius 2 is 1.92 bits per heavy atom. The second-order valence-corrected chi connectivity index (χ2v) is 5.17. The van der Waals surface area contributed by atoms with Crippen LogP contribution in [0.1, 0.15) is 13.3 Å². The molecule has 24 heavy (non-hydrogen) atoms. The minimum atomic E-state index is -1.45. The SMILES string of the molecule is C=CC(=O)OCCC(=O)NC1OC(CO)C(O)C(O)C1NC(C)=O. The first kappa shape index (κ1) is 20.0. The van der Waals surface area contributed by atoms with E-state index < -0.39 is 55.0 Å². The Balaban J connectivity index is 2.68. The fraction of sp³-hybridized carbons (Fsp3) is 0.643. The predicted molar refractivity (Wildman–Crippen MR) is 79.3 cm³/mol. The van der Waals surface area contributed by atoms with Crippen molar-refractivity contribution in [1.82, 2.24) is 10.6 Å². The first-order valence-electron chi connectivity index (χ1n) is 7.28. The maximum atomic E-state index is 11.9. The lowest BCUT2D eigenvalue weighted by atomic mass is 9.96. The lowest BCUT2D eigenvalue weighted by Gasteiger charge is -2.42. The van der Waals surface area contributed by atoms with Gasteiger partial charge in [-0.1, -0.05) is 6.58 Å².